The summed E-state index contributed by atoms with van der Waals surface area (Å²) in [4.78, 5) is 8.84. The maximum absolute atomic E-state index is 2.60. The molecule has 3 aromatic rings. The van der Waals surface area contributed by atoms with Crippen molar-refractivity contribution in [2.45, 2.75) is 465 Å². The molecule has 0 amide bonds. The molecule has 506 valence electrons. The van der Waals surface area contributed by atoms with Gasteiger partial charge in [-0.2, -0.15) is 0 Å². The average molecular weight is 1260 g/mol. The topological polar surface area (TPSA) is 0 Å². The minimum atomic E-state index is 1.26. The van der Waals surface area contributed by atoms with E-state index in [0.29, 0.717) is 0 Å². The van der Waals surface area contributed by atoms with Crippen molar-refractivity contribution >= 4 is 34.0 Å². The largest absolute Gasteiger partial charge is 0.143 e. The molecule has 0 aromatic carbocycles. The van der Waals surface area contributed by atoms with Gasteiger partial charge in [0.1, 0.15) is 0 Å². The Bertz CT molecular complexity index is 1890. The Morgan fingerprint density at radius 3 is 0.747 bits per heavy atom. The molecule has 0 radical (unpaired) electrons. The molecule has 0 saturated carbocycles. The van der Waals surface area contributed by atoms with Crippen molar-refractivity contribution in [3.8, 4) is 20.2 Å². The fourth-order valence-electron chi connectivity index (χ4n) is 14.3. The van der Waals surface area contributed by atoms with Gasteiger partial charge in [-0.1, -0.05) is 388 Å². The molecule has 0 aliphatic heterocycles. The molecule has 0 spiro atoms. The Morgan fingerprint density at radius 1 is 0.207 bits per heavy atom. The van der Waals surface area contributed by atoms with Gasteiger partial charge < -0.3 is 0 Å². The third-order valence-corrected chi connectivity index (χ3v) is 23.9. The van der Waals surface area contributed by atoms with E-state index in [2.05, 4.69) is 87.0 Å². The third-order valence-electron chi connectivity index (χ3n) is 20.1. The van der Waals surface area contributed by atoms with Crippen molar-refractivity contribution in [1.82, 2.24) is 0 Å². The van der Waals surface area contributed by atoms with E-state index in [0.717, 1.165) is 0 Å². The summed E-state index contributed by atoms with van der Waals surface area (Å²) in [5.74, 6) is 0. The lowest BCUT2D eigenvalue weighted by Gasteiger charge is -2.13. The summed E-state index contributed by atoms with van der Waals surface area (Å²) in [6.07, 6.45) is 93.2. The Labute approximate surface area is 559 Å². The van der Waals surface area contributed by atoms with E-state index in [1.807, 2.05) is 21.6 Å². The van der Waals surface area contributed by atoms with Crippen LogP contribution in [0.1, 0.15) is 459 Å². The van der Waals surface area contributed by atoms with Crippen molar-refractivity contribution in [3.05, 3.63) is 43.5 Å². The Morgan fingerprint density at radius 2 is 0.437 bits per heavy atom. The van der Waals surface area contributed by atoms with Crippen LogP contribution in [0.5, 0.6) is 0 Å². The Kier molecular flexibility index (Phi) is 55.5. The van der Waals surface area contributed by atoms with Gasteiger partial charge in [0.25, 0.3) is 0 Å². The van der Waals surface area contributed by atoms with Crippen LogP contribution in [-0.2, 0) is 38.5 Å². The summed E-state index contributed by atoms with van der Waals surface area (Å²) in [5, 5.41) is 2.53. The Balaban J connectivity index is 2.11. The minimum absolute atomic E-state index is 1.26. The summed E-state index contributed by atoms with van der Waals surface area (Å²) in [5.41, 5.74) is 8.99. The smallest absolute Gasteiger partial charge is 0.0538 e. The standard InChI is InChI=1S/C84H152S3/c1-7-13-19-25-31-37-43-49-55-61-67-75-73-74-85-82(75)81-78(70-64-58-52-46-40-34-28-22-16-10-4)80(72-66-60-54-48-42-36-30-24-18-12-6)87-84(81)83-77(69-63-57-51-45-39-33-27-21-15-9-3)76(68-62-56-50-44-38-32-26-20-14-8-2)79(86-83)71-65-59-53-47-41-35-29-23-17-11-5/h73-74H,7-72H2,1-6H3. The van der Waals surface area contributed by atoms with Crippen LogP contribution in [0.15, 0.2) is 11.4 Å². The summed E-state index contributed by atoms with van der Waals surface area (Å²) >= 11 is 6.85. The maximum atomic E-state index is 2.60. The van der Waals surface area contributed by atoms with E-state index in [9.17, 15) is 0 Å². The van der Waals surface area contributed by atoms with E-state index in [-0.39, 0.29) is 0 Å². The van der Waals surface area contributed by atoms with E-state index in [1.54, 1.807) is 30.6 Å². The van der Waals surface area contributed by atoms with Crippen LogP contribution >= 0.6 is 34.0 Å². The van der Waals surface area contributed by atoms with Gasteiger partial charge in [0.05, 0.1) is 4.88 Å². The van der Waals surface area contributed by atoms with E-state index < -0.39 is 0 Å². The molecule has 3 aromatic heterocycles. The zero-order chi connectivity index (χ0) is 62.0. The van der Waals surface area contributed by atoms with Crippen molar-refractivity contribution in [2.24, 2.45) is 0 Å². The highest BCUT2D eigenvalue weighted by molar-refractivity contribution is 7.23. The highest BCUT2D eigenvalue weighted by Gasteiger charge is 2.28. The summed E-state index contributed by atoms with van der Waals surface area (Å²) < 4.78 is 0. The number of rotatable bonds is 68. The molecule has 3 rings (SSSR count). The molecule has 0 aliphatic rings. The second-order valence-corrected chi connectivity index (χ2v) is 31.5. The molecule has 3 heteroatoms. The van der Waals surface area contributed by atoms with Gasteiger partial charge in [0.15, 0.2) is 0 Å². The lowest BCUT2D eigenvalue weighted by Crippen LogP contribution is -1.98. The molecule has 0 bridgehead atoms. The number of aryl methyl sites for hydroxylation is 3. The quantitative estimate of drug-likeness (QED) is 0.0494. The van der Waals surface area contributed by atoms with Gasteiger partial charge in [-0.05, 0) is 111 Å². The predicted octanol–water partition coefficient (Wildman–Crippen LogP) is 32.0. The lowest BCUT2D eigenvalue weighted by molar-refractivity contribution is 0.552. The van der Waals surface area contributed by atoms with Crippen LogP contribution in [0.25, 0.3) is 20.2 Å². The van der Waals surface area contributed by atoms with Crippen LogP contribution in [0.4, 0.5) is 0 Å². The van der Waals surface area contributed by atoms with Crippen LogP contribution in [-0.4, -0.2) is 0 Å². The summed E-state index contributed by atoms with van der Waals surface area (Å²) in [6, 6.07) is 2.60. The summed E-state index contributed by atoms with van der Waals surface area (Å²) in [7, 11) is 0. The monoisotopic (exact) mass is 1260 g/mol. The van der Waals surface area contributed by atoms with Gasteiger partial charge in [-0.15, -0.1) is 34.0 Å². The van der Waals surface area contributed by atoms with Crippen LogP contribution in [0.3, 0.4) is 0 Å². The number of hydrogen-bond acceptors (Lipinski definition) is 3. The van der Waals surface area contributed by atoms with Crippen molar-refractivity contribution in [1.29, 1.82) is 0 Å². The first-order chi connectivity index (χ1) is 43.1. The normalized spacial score (nSPS) is 11.8. The summed E-state index contributed by atoms with van der Waals surface area (Å²) in [6.45, 7) is 14.1. The average Bonchev–Trinajstić information content (AvgIpc) is 1.64. The molecule has 0 N–H and O–H groups in total. The molecule has 0 aliphatic carbocycles. The molecular formula is C84H152S3. The Hall–Kier alpha value is -0.900. The zero-order valence-corrected chi connectivity index (χ0v) is 62.5. The molecule has 87 heavy (non-hydrogen) atoms. The fraction of sp³-hybridized carbons (Fsp3) is 0.857. The minimum Gasteiger partial charge on any atom is -0.143 e. The van der Waals surface area contributed by atoms with Gasteiger partial charge in [-0.25, -0.2) is 0 Å². The number of thiophene rings is 3. The highest BCUT2D eigenvalue weighted by atomic mass is 32.1. The lowest BCUT2D eigenvalue weighted by atomic mass is 9.92. The van der Waals surface area contributed by atoms with Gasteiger partial charge in [0.2, 0.25) is 0 Å². The molecule has 0 atom stereocenters. The van der Waals surface area contributed by atoms with Crippen LogP contribution in [0.2, 0.25) is 0 Å². The first-order valence-corrected chi connectivity index (χ1v) is 43.0. The maximum Gasteiger partial charge on any atom is 0.0538 e. The van der Waals surface area contributed by atoms with Crippen molar-refractivity contribution < 1.29 is 0 Å². The fourth-order valence-corrected chi connectivity index (χ4v) is 18.4. The predicted molar refractivity (Wildman–Crippen MR) is 404 cm³/mol. The van der Waals surface area contributed by atoms with Crippen molar-refractivity contribution in [2.75, 3.05) is 0 Å². The third kappa shape index (κ3) is 40.1. The van der Waals surface area contributed by atoms with Gasteiger partial charge in [-0.3, -0.25) is 0 Å². The van der Waals surface area contributed by atoms with E-state index >= 15 is 0 Å². The second-order valence-electron chi connectivity index (χ2n) is 28.4. The van der Waals surface area contributed by atoms with E-state index in [4.69, 9.17) is 0 Å². The molecule has 0 fully saturated rings. The molecular weight excluding hydrogens is 1110 g/mol. The highest BCUT2D eigenvalue weighted by Crippen LogP contribution is 2.52. The van der Waals surface area contributed by atoms with Gasteiger partial charge >= 0.3 is 0 Å². The molecule has 0 nitrogen and oxygen atoms in total. The first-order valence-electron chi connectivity index (χ1n) is 40.5. The van der Waals surface area contributed by atoms with Crippen molar-refractivity contribution in [3.63, 3.8) is 0 Å². The SMILES string of the molecule is CCCCCCCCCCCCc1ccsc1-c1c(-c2sc(CCCCCCCCCCCC)c(CCCCCCCCCCCC)c2CCCCCCCCCCCC)sc(CCCCCCCCCCCC)c1CCCCCCCCCCCC. The van der Waals surface area contributed by atoms with E-state index in [1.165, 1.54) is 424 Å². The van der Waals surface area contributed by atoms with Crippen LogP contribution in [0, 0.1) is 0 Å². The number of hydrogen-bond donors (Lipinski definition) is 0. The number of unbranched alkanes of at least 4 members (excludes halogenated alkanes) is 54. The van der Waals surface area contributed by atoms with Crippen LogP contribution < -0.4 is 0 Å². The molecule has 0 unspecified atom stereocenters. The van der Waals surface area contributed by atoms with Gasteiger partial charge in [0, 0.05) is 25.1 Å². The molecule has 0 saturated heterocycles. The second kappa shape index (κ2) is 60.1. The molecule has 3 heterocycles. The first kappa shape index (κ1) is 80.3. The zero-order valence-electron chi connectivity index (χ0n) is 60.0.